The zero-order valence-electron chi connectivity index (χ0n) is 18.2. The van der Waals surface area contributed by atoms with E-state index in [1.165, 1.54) is 5.39 Å². The molecule has 0 atom stereocenters. The Hall–Kier alpha value is -3.79. The minimum Gasteiger partial charge on any atom is -0.493 e. The number of imidazole rings is 1. The Labute approximate surface area is 188 Å². The Morgan fingerprint density at radius 1 is 0.750 bits per heavy atom. The lowest BCUT2D eigenvalue weighted by Crippen LogP contribution is -2.10. The van der Waals surface area contributed by atoms with Crippen LogP contribution in [0.4, 0.5) is 0 Å². The molecule has 0 spiro atoms. The molecule has 4 aromatic carbocycles. The first kappa shape index (κ1) is 20.1. The SMILES string of the molecule is Cc1ccccc1OCCCn1c(COc2cccc3ccccc23)nc2ccccc21. The van der Waals surface area contributed by atoms with Gasteiger partial charge in [0.05, 0.1) is 17.6 Å². The van der Waals surface area contributed by atoms with Crippen molar-refractivity contribution < 1.29 is 9.47 Å². The largest absolute Gasteiger partial charge is 0.493 e. The van der Waals surface area contributed by atoms with Crippen LogP contribution in [-0.4, -0.2) is 16.2 Å². The third-order valence-electron chi connectivity index (χ3n) is 5.72. The average Bonchev–Trinajstić information content (AvgIpc) is 3.19. The summed E-state index contributed by atoms with van der Waals surface area (Å²) in [6.45, 7) is 3.96. The van der Waals surface area contributed by atoms with Gasteiger partial charge in [-0.05, 0) is 48.6 Å². The highest BCUT2D eigenvalue weighted by atomic mass is 16.5. The van der Waals surface area contributed by atoms with Crippen LogP contribution in [0.15, 0.2) is 91.0 Å². The zero-order chi connectivity index (χ0) is 21.8. The third kappa shape index (κ3) is 4.17. The summed E-state index contributed by atoms with van der Waals surface area (Å²) in [4.78, 5) is 4.86. The first-order valence-corrected chi connectivity index (χ1v) is 11.0. The number of para-hydroxylation sites is 3. The summed E-state index contributed by atoms with van der Waals surface area (Å²) in [7, 11) is 0. The number of nitrogens with zero attached hydrogens (tertiary/aromatic N) is 2. The number of aromatic nitrogens is 2. The second kappa shape index (κ2) is 9.15. The van der Waals surface area contributed by atoms with Gasteiger partial charge in [0, 0.05) is 11.9 Å². The zero-order valence-corrected chi connectivity index (χ0v) is 18.2. The number of benzene rings is 4. The predicted octanol–water partition coefficient (Wildman–Crippen LogP) is 6.55. The number of fused-ring (bicyclic) bond motifs is 2. The summed E-state index contributed by atoms with van der Waals surface area (Å²) >= 11 is 0. The molecule has 0 aliphatic carbocycles. The van der Waals surface area contributed by atoms with Crippen molar-refractivity contribution >= 4 is 21.8 Å². The Bertz CT molecular complexity index is 1350. The highest BCUT2D eigenvalue weighted by Gasteiger charge is 2.12. The van der Waals surface area contributed by atoms with Gasteiger partial charge in [-0.25, -0.2) is 4.98 Å². The molecule has 0 bridgehead atoms. The van der Waals surface area contributed by atoms with Gasteiger partial charge in [0.15, 0.2) is 0 Å². The van der Waals surface area contributed by atoms with Gasteiger partial charge in [0.25, 0.3) is 0 Å². The van der Waals surface area contributed by atoms with Crippen molar-refractivity contribution in [3.63, 3.8) is 0 Å². The van der Waals surface area contributed by atoms with E-state index in [9.17, 15) is 0 Å². The van der Waals surface area contributed by atoms with Gasteiger partial charge >= 0.3 is 0 Å². The molecule has 0 unspecified atom stereocenters. The molecule has 1 heterocycles. The van der Waals surface area contributed by atoms with Crippen molar-refractivity contribution in [1.82, 2.24) is 9.55 Å². The lowest BCUT2D eigenvalue weighted by atomic mass is 10.1. The second-order valence-electron chi connectivity index (χ2n) is 7.90. The van der Waals surface area contributed by atoms with E-state index < -0.39 is 0 Å². The predicted molar refractivity (Wildman–Crippen MR) is 129 cm³/mol. The van der Waals surface area contributed by atoms with E-state index in [0.717, 1.165) is 52.3 Å². The second-order valence-corrected chi connectivity index (χ2v) is 7.90. The summed E-state index contributed by atoms with van der Waals surface area (Å²) in [5, 5.41) is 2.29. The lowest BCUT2D eigenvalue weighted by molar-refractivity contribution is 0.282. The van der Waals surface area contributed by atoms with Crippen LogP contribution in [0.5, 0.6) is 11.5 Å². The molecule has 4 heteroatoms. The van der Waals surface area contributed by atoms with Crippen LogP contribution >= 0.6 is 0 Å². The molecule has 4 nitrogen and oxygen atoms in total. The molecule has 0 saturated carbocycles. The molecule has 5 aromatic rings. The van der Waals surface area contributed by atoms with Crippen molar-refractivity contribution in [2.75, 3.05) is 6.61 Å². The van der Waals surface area contributed by atoms with E-state index in [4.69, 9.17) is 14.5 Å². The number of ether oxygens (including phenoxy) is 2. The average molecular weight is 423 g/mol. The Morgan fingerprint density at radius 3 is 2.44 bits per heavy atom. The maximum absolute atomic E-state index is 6.25. The molecule has 0 radical (unpaired) electrons. The van der Waals surface area contributed by atoms with Gasteiger partial charge in [-0.3, -0.25) is 0 Å². The summed E-state index contributed by atoms with van der Waals surface area (Å²) < 4.78 is 14.5. The van der Waals surface area contributed by atoms with Crippen LogP contribution in [0.2, 0.25) is 0 Å². The van der Waals surface area contributed by atoms with E-state index in [0.29, 0.717) is 13.2 Å². The van der Waals surface area contributed by atoms with Gasteiger partial charge < -0.3 is 14.0 Å². The van der Waals surface area contributed by atoms with Gasteiger partial charge in [-0.1, -0.05) is 66.7 Å². The summed E-state index contributed by atoms with van der Waals surface area (Å²) in [5.74, 6) is 2.75. The molecule has 0 fully saturated rings. The highest BCUT2D eigenvalue weighted by molar-refractivity contribution is 5.88. The lowest BCUT2D eigenvalue weighted by Gasteiger charge is -2.13. The van der Waals surface area contributed by atoms with Gasteiger partial charge in [0.1, 0.15) is 23.9 Å². The fourth-order valence-corrected chi connectivity index (χ4v) is 4.07. The van der Waals surface area contributed by atoms with E-state index >= 15 is 0 Å². The Balaban J connectivity index is 1.33. The molecule has 0 saturated heterocycles. The van der Waals surface area contributed by atoms with Crippen LogP contribution in [0, 0.1) is 6.92 Å². The van der Waals surface area contributed by atoms with E-state index in [-0.39, 0.29) is 0 Å². The third-order valence-corrected chi connectivity index (χ3v) is 5.72. The smallest absolute Gasteiger partial charge is 0.148 e. The monoisotopic (exact) mass is 422 g/mol. The minimum absolute atomic E-state index is 0.418. The van der Waals surface area contributed by atoms with Crippen LogP contribution in [0.3, 0.4) is 0 Å². The van der Waals surface area contributed by atoms with Crippen LogP contribution < -0.4 is 9.47 Å². The van der Waals surface area contributed by atoms with Gasteiger partial charge in [0.2, 0.25) is 0 Å². The first-order valence-electron chi connectivity index (χ1n) is 11.0. The van der Waals surface area contributed by atoms with Crippen LogP contribution in [-0.2, 0) is 13.2 Å². The number of hydrogen-bond donors (Lipinski definition) is 0. The summed E-state index contributed by atoms with van der Waals surface area (Å²) in [6, 6.07) is 30.8. The van der Waals surface area contributed by atoms with E-state index in [1.807, 2.05) is 48.5 Å². The van der Waals surface area contributed by atoms with Gasteiger partial charge in [-0.2, -0.15) is 0 Å². The normalized spacial score (nSPS) is 11.2. The molecule has 5 rings (SSSR count). The fraction of sp³-hybridized carbons (Fsp3) is 0.179. The Kier molecular flexibility index (Phi) is 5.75. The summed E-state index contributed by atoms with van der Waals surface area (Å²) in [5.41, 5.74) is 3.27. The molecule has 0 aliphatic rings. The van der Waals surface area contributed by atoms with Crippen molar-refractivity contribution in [2.45, 2.75) is 26.5 Å². The number of aryl methyl sites for hydroxylation is 2. The van der Waals surface area contributed by atoms with Crippen molar-refractivity contribution in [1.29, 1.82) is 0 Å². The van der Waals surface area contributed by atoms with Crippen molar-refractivity contribution in [3.05, 3.63) is 102 Å². The van der Waals surface area contributed by atoms with Crippen molar-refractivity contribution in [3.8, 4) is 11.5 Å². The standard InChI is InChI=1S/C28H26N2O2/c1-21-10-2-7-16-26(21)31-19-9-18-30-25-15-6-5-14-24(25)29-28(30)20-32-27-17-8-12-22-11-3-4-13-23(22)27/h2-8,10-17H,9,18-20H2,1H3. The van der Waals surface area contributed by atoms with E-state index in [1.54, 1.807) is 0 Å². The molecule has 160 valence electrons. The van der Waals surface area contributed by atoms with E-state index in [2.05, 4.69) is 54.0 Å². The summed E-state index contributed by atoms with van der Waals surface area (Å²) in [6.07, 6.45) is 0.885. The number of hydrogen-bond acceptors (Lipinski definition) is 3. The van der Waals surface area contributed by atoms with Crippen LogP contribution in [0.1, 0.15) is 17.8 Å². The maximum Gasteiger partial charge on any atom is 0.148 e. The quantitative estimate of drug-likeness (QED) is 0.266. The Morgan fingerprint density at radius 2 is 1.50 bits per heavy atom. The molecular weight excluding hydrogens is 396 g/mol. The van der Waals surface area contributed by atoms with Crippen molar-refractivity contribution in [2.24, 2.45) is 0 Å². The molecular formula is C28H26N2O2. The molecule has 0 amide bonds. The molecule has 0 aliphatic heterocycles. The molecule has 32 heavy (non-hydrogen) atoms. The van der Waals surface area contributed by atoms with Crippen LogP contribution in [0.25, 0.3) is 21.8 Å². The minimum atomic E-state index is 0.418. The number of rotatable bonds is 8. The highest BCUT2D eigenvalue weighted by Crippen LogP contribution is 2.26. The fourth-order valence-electron chi connectivity index (χ4n) is 4.07. The topological polar surface area (TPSA) is 36.3 Å². The first-order chi connectivity index (χ1) is 15.8. The molecule has 0 N–H and O–H groups in total. The van der Waals surface area contributed by atoms with Gasteiger partial charge in [-0.15, -0.1) is 0 Å². The molecule has 1 aromatic heterocycles. The maximum atomic E-state index is 6.25.